The molecule has 0 aliphatic rings. The number of hydrogen-bond donors (Lipinski definition) is 3. The molecule has 0 saturated heterocycles. The number of benzene rings is 2. The van der Waals surface area contributed by atoms with Crippen LogP contribution in [0.2, 0.25) is 5.02 Å². The Labute approximate surface area is 175 Å². The maximum Gasteiger partial charge on any atom is 0.259 e. The molecule has 5 rings (SSSR count). The topological polar surface area (TPSA) is 115 Å². The standard InChI is InChI=1S/C21H16ClN7O/c1-29-17-7-11(22)5-6-14(17)18(28-29)16-10-25-20-19(27-16)15(9-24-20)21(30)26-13-4-2-3-12(23)8-13/h2-10H,23H2,1H3,(H,24,25)(H,26,30). The van der Waals surface area contributed by atoms with E-state index in [9.17, 15) is 4.79 Å². The molecule has 0 atom stereocenters. The van der Waals surface area contributed by atoms with Gasteiger partial charge in [0, 0.05) is 35.0 Å². The van der Waals surface area contributed by atoms with Crippen molar-refractivity contribution in [3.8, 4) is 11.4 Å². The summed E-state index contributed by atoms with van der Waals surface area (Å²) >= 11 is 6.12. The number of carbonyl (C=O) groups is 1. The Morgan fingerprint density at radius 3 is 2.93 bits per heavy atom. The van der Waals surface area contributed by atoms with Crippen LogP contribution in [0.5, 0.6) is 0 Å². The van der Waals surface area contributed by atoms with Gasteiger partial charge in [-0.3, -0.25) is 9.48 Å². The molecule has 0 fully saturated rings. The molecular weight excluding hydrogens is 402 g/mol. The third-order valence-corrected chi connectivity index (χ3v) is 5.06. The molecule has 0 unspecified atom stereocenters. The second kappa shape index (κ2) is 6.85. The molecule has 0 aliphatic carbocycles. The van der Waals surface area contributed by atoms with Crippen LogP contribution >= 0.6 is 11.6 Å². The number of nitrogen functional groups attached to an aromatic ring is 1. The molecule has 8 nitrogen and oxygen atoms in total. The molecule has 1 amide bonds. The SMILES string of the molecule is Cn1nc(-c2cnc3[nH]cc(C(=O)Nc4cccc(N)c4)c3n2)c2ccc(Cl)cc21. The largest absolute Gasteiger partial charge is 0.399 e. The maximum atomic E-state index is 12.8. The molecular formula is C21H16ClN7O. The fourth-order valence-electron chi connectivity index (χ4n) is 3.41. The predicted molar refractivity (Wildman–Crippen MR) is 117 cm³/mol. The summed E-state index contributed by atoms with van der Waals surface area (Å²) in [6.45, 7) is 0. The zero-order chi connectivity index (χ0) is 20.8. The van der Waals surface area contributed by atoms with E-state index >= 15 is 0 Å². The Morgan fingerprint density at radius 2 is 2.10 bits per heavy atom. The van der Waals surface area contributed by atoms with Crippen molar-refractivity contribution in [2.45, 2.75) is 0 Å². The van der Waals surface area contributed by atoms with Gasteiger partial charge in [0.1, 0.15) is 16.9 Å². The zero-order valence-electron chi connectivity index (χ0n) is 15.8. The lowest BCUT2D eigenvalue weighted by Crippen LogP contribution is -2.12. The first-order chi connectivity index (χ1) is 14.5. The van der Waals surface area contributed by atoms with Gasteiger partial charge in [-0.15, -0.1) is 0 Å². The van der Waals surface area contributed by atoms with Gasteiger partial charge < -0.3 is 16.0 Å². The highest BCUT2D eigenvalue weighted by Crippen LogP contribution is 2.29. The first kappa shape index (κ1) is 18.1. The van der Waals surface area contributed by atoms with Gasteiger partial charge in [0.2, 0.25) is 0 Å². The zero-order valence-corrected chi connectivity index (χ0v) is 16.6. The number of rotatable bonds is 3. The molecule has 4 N–H and O–H groups in total. The highest BCUT2D eigenvalue weighted by molar-refractivity contribution is 6.31. The fourth-order valence-corrected chi connectivity index (χ4v) is 3.58. The van der Waals surface area contributed by atoms with Crippen LogP contribution in [-0.2, 0) is 7.05 Å². The highest BCUT2D eigenvalue weighted by atomic mass is 35.5. The van der Waals surface area contributed by atoms with Crippen LogP contribution in [0, 0.1) is 0 Å². The lowest BCUT2D eigenvalue weighted by molar-refractivity contribution is 0.102. The molecule has 9 heteroatoms. The molecule has 0 radical (unpaired) electrons. The van der Waals surface area contributed by atoms with Gasteiger partial charge in [-0.05, 0) is 36.4 Å². The van der Waals surface area contributed by atoms with E-state index in [4.69, 9.17) is 17.3 Å². The number of nitrogens with one attached hydrogen (secondary N) is 2. The van der Waals surface area contributed by atoms with Gasteiger partial charge >= 0.3 is 0 Å². The average Bonchev–Trinajstić information content (AvgIpc) is 3.29. The van der Waals surface area contributed by atoms with Crippen molar-refractivity contribution in [1.29, 1.82) is 0 Å². The monoisotopic (exact) mass is 417 g/mol. The summed E-state index contributed by atoms with van der Waals surface area (Å²) in [5.41, 5.74) is 10.4. The number of H-pyrrole nitrogens is 1. The molecule has 30 heavy (non-hydrogen) atoms. The normalized spacial score (nSPS) is 11.3. The van der Waals surface area contributed by atoms with Gasteiger partial charge in [0.05, 0.1) is 17.3 Å². The van der Waals surface area contributed by atoms with Crippen molar-refractivity contribution in [3.05, 3.63) is 65.4 Å². The van der Waals surface area contributed by atoms with Crippen LogP contribution in [0.1, 0.15) is 10.4 Å². The van der Waals surface area contributed by atoms with E-state index < -0.39 is 0 Å². The Bertz CT molecular complexity index is 1440. The van der Waals surface area contributed by atoms with Crippen LogP contribution in [0.4, 0.5) is 11.4 Å². The molecule has 5 aromatic rings. The molecule has 0 spiro atoms. The summed E-state index contributed by atoms with van der Waals surface area (Å²) in [6, 6.07) is 12.5. The molecule has 0 bridgehead atoms. The van der Waals surface area contributed by atoms with E-state index in [-0.39, 0.29) is 5.91 Å². The molecule has 2 aromatic carbocycles. The molecule has 148 valence electrons. The van der Waals surface area contributed by atoms with Gasteiger partial charge in [0.25, 0.3) is 5.91 Å². The second-order valence-corrected chi connectivity index (χ2v) is 7.30. The number of fused-ring (bicyclic) bond motifs is 2. The number of hydrogen-bond acceptors (Lipinski definition) is 5. The average molecular weight is 418 g/mol. The van der Waals surface area contributed by atoms with Crippen molar-refractivity contribution in [3.63, 3.8) is 0 Å². The Kier molecular flexibility index (Phi) is 4.14. The second-order valence-electron chi connectivity index (χ2n) is 6.87. The highest BCUT2D eigenvalue weighted by Gasteiger charge is 2.18. The third kappa shape index (κ3) is 3.03. The number of aryl methyl sites for hydroxylation is 1. The van der Waals surface area contributed by atoms with Crippen LogP contribution in [0.25, 0.3) is 33.5 Å². The van der Waals surface area contributed by atoms with E-state index in [1.54, 1.807) is 41.3 Å². The van der Waals surface area contributed by atoms with Crippen molar-refractivity contribution in [2.75, 3.05) is 11.1 Å². The van der Waals surface area contributed by atoms with E-state index in [2.05, 4.69) is 25.4 Å². The Hall–Kier alpha value is -3.91. The number of nitrogens with zero attached hydrogens (tertiary/aromatic N) is 4. The quantitative estimate of drug-likeness (QED) is 0.384. The van der Waals surface area contributed by atoms with Gasteiger partial charge in [-0.2, -0.15) is 5.10 Å². The minimum absolute atomic E-state index is 0.309. The number of nitrogens with two attached hydrogens (primary N) is 1. The van der Waals surface area contributed by atoms with Crippen molar-refractivity contribution in [2.24, 2.45) is 7.05 Å². The number of halogens is 1. The number of aromatic nitrogens is 5. The van der Waals surface area contributed by atoms with E-state index in [0.29, 0.717) is 44.5 Å². The molecule has 3 heterocycles. The Balaban J connectivity index is 1.58. The summed E-state index contributed by atoms with van der Waals surface area (Å²) in [7, 11) is 1.84. The minimum Gasteiger partial charge on any atom is -0.399 e. The summed E-state index contributed by atoms with van der Waals surface area (Å²) < 4.78 is 1.74. The van der Waals surface area contributed by atoms with Gasteiger partial charge in [-0.1, -0.05) is 17.7 Å². The lowest BCUT2D eigenvalue weighted by Gasteiger charge is -2.05. The summed E-state index contributed by atoms with van der Waals surface area (Å²) in [6.07, 6.45) is 3.22. The van der Waals surface area contributed by atoms with Crippen molar-refractivity contribution in [1.82, 2.24) is 24.7 Å². The lowest BCUT2D eigenvalue weighted by atomic mass is 10.1. The van der Waals surface area contributed by atoms with Crippen LogP contribution < -0.4 is 11.1 Å². The first-order valence-corrected chi connectivity index (χ1v) is 9.51. The Morgan fingerprint density at radius 1 is 1.23 bits per heavy atom. The number of carbonyl (C=O) groups excluding carboxylic acids is 1. The number of anilines is 2. The summed E-state index contributed by atoms with van der Waals surface area (Å²) in [5.74, 6) is -0.309. The smallest absolute Gasteiger partial charge is 0.259 e. The van der Waals surface area contributed by atoms with E-state index in [1.165, 1.54) is 0 Å². The predicted octanol–water partition coefficient (Wildman–Crippen LogP) is 4.00. The molecule has 0 aliphatic heterocycles. The summed E-state index contributed by atoms with van der Waals surface area (Å²) in [4.78, 5) is 24.9. The number of amides is 1. The van der Waals surface area contributed by atoms with Crippen LogP contribution in [0.3, 0.4) is 0 Å². The number of aromatic amines is 1. The maximum absolute atomic E-state index is 12.8. The van der Waals surface area contributed by atoms with Crippen molar-refractivity contribution < 1.29 is 4.79 Å². The fraction of sp³-hybridized carbons (Fsp3) is 0.0476. The summed E-state index contributed by atoms with van der Waals surface area (Å²) in [5, 5.41) is 8.94. The molecule has 3 aromatic heterocycles. The molecule has 0 saturated carbocycles. The van der Waals surface area contributed by atoms with Gasteiger partial charge in [0.15, 0.2) is 5.65 Å². The first-order valence-electron chi connectivity index (χ1n) is 9.13. The van der Waals surface area contributed by atoms with Crippen molar-refractivity contribution >= 4 is 50.9 Å². The van der Waals surface area contributed by atoms with Gasteiger partial charge in [-0.25, -0.2) is 9.97 Å². The third-order valence-electron chi connectivity index (χ3n) is 4.83. The van der Waals surface area contributed by atoms with E-state index in [0.717, 1.165) is 10.9 Å². The van der Waals surface area contributed by atoms with Crippen LogP contribution in [-0.4, -0.2) is 30.6 Å². The van der Waals surface area contributed by atoms with E-state index in [1.807, 2.05) is 25.2 Å². The minimum atomic E-state index is -0.309. The van der Waals surface area contributed by atoms with Crippen LogP contribution in [0.15, 0.2) is 54.9 Å².